The van der Waals surface area contributed by atoms with Crippen LogP contribution in [0.3, 0.4) is 0 Å². The Hall–Kier alpha value is -4.79. The van der Waals surface area contributed by atoms with E-state index in [4.69, 9.17) is 14.2 Å². The molecule has 44 heavy (non-hydrogen) atoms. The van der Waals surface area contributed by atoms with Gasteiger partial charge in [-0.25, -0.2) is 4.79 Å². The molecule has 9 nitrogen and oxygen atoms in total. The maximum atomic E-state index is 14.5. The molecular formula is C35H39N3O6. The van der Waals surface area contributed by atoms with Gasteiger partial charge in [-0.05, 0) is 67.3 Å². The highest BCUT2D eigenvalue weighted by Gasteiger charge is 2.35. The Morgan fingerprint density at radius 3 is 2.45 bits per heavy atom. The standard InChI is InChI=1S/C35H39N3O6/c1-4-44-35(41)24-11-10-14-27(19-24)38(32(39)21-25-22-36-29-16-9-8-15-28(25)29)33(34(40)37-26-12-6-5-7-13-26)23-17-18-30(42-2)31(20-23)43-3/h8-11,14-20,22,26,33,36H,4-7,12-13,21H2,1-3H3,(H,37,40)/t33-/m0/s1. The first-order chi connectivity index (χ1) is 21.4. The van der Waals surface area contributed by atoms with E-state index in [1.165, 1.54) is 12.0 Å². The molecule has 0 aliphatic heterocycles. The molecule has 1 atom stereocenters. The van der Waals surface area contributed by atoms with E-state index in [1.807, 2.05) is 30.5 Å². The number of esters is 1. The lowest BCUT2D eigenvalue weighted by molar-refractivity contribution is -0.127. The monoisotopic (exact) mass is 597 g/mol. The Bertz CT molecular complexity index is 1620. The van der Waals surface area contributed by atoms with Crippen LogP contribution in [0, 0.1) is 0 Å². The fraction of sp³-hybridized carbons (Fsp3) is 0.343. The topological polar surface area (TPSA) is 110 Å². The quantitative estimate of drug-likeness (QED) is 0.201. The molecule has 0 bridgehead atoms. The minimum absolute atomic E-state index is 0.00956. The van der Waals surface area contributed by atoms with Crippen molar-refractivity contribution in [2.45, 2.75) is 57.5 Å². The van der Waals surface area contributed by atoms with Crippen molar-refractivity contribution < 1.29 is 28.6 Å². The number of hydrogen-bond acceptors (Lipinski definition) is 6. The number of anilines is 1. The third-order valence-electron chi connectivity index (χ3n) is 8.10. The summed E-state index contributed by atoms with van der Waals surface area (Å²) >= 11 is 0. The van der Waals surface area contributed by atoms with Gasteiger partial charge in [0.15, 0.2) is 11.5 Å². The summed E-state index contributed by atoms with van der Waals surface area (Å²) in [6, 6.07) is 18.6. The van der Waals surface area contributed by atoms with Gasteiger partial charge in [-0.3, -0.25) is 14.5 Å². The van der Waals surface area contributed by atoms with Gasteiger partial charge in [0.2, 0.25) is 11.8 Å². The number of methoxy groups -OCH3 is 2. The highest BCUT2D eigenvalue weighted by atomic mass is 16.5. The first-order valence-corrected chi connectivity index (χ1v) is 15.1. The summed E-state index contributed by atoms with van der Waals surface area (Å²) in [5, 5.41) is 4.16. The van der Waals surface area contributed by atoms with Crippen LogP contribution in [-0.2, 0) is 20.7 Å². The summed E-state index contributed by atoms with van der Waals surface area (Å²) in [7, 11) is 3.07. The van der Waals surface area contributed by atoms with Crippen molar-refractivity contribution in [3.05, 3.63) is 89.6 Å². The molecule has 3 aromatic carbocycles. The van der Waals surface area contributed by atoms with E-state index in [1.54, 1.807) is 56.5 Å². The molecule has 1 aromatic heterocycles. The van der Waals surface area contributed by atoms with Crippen LogP contribution < -0.4 is 19.7 Å². The fourth-order valence-electron chi connectivity index (χ4n) is 5.93. The third-order valence-corrected chi connectivity index (χ3v) is 8.10. The summed E-state index contributed by atoms with van der Waals surface area (Å²) in [4.78, 5) is 46.3. The Morgan fingerprint density at radius 2 is 1.70 bits per heavy atom. The lowest BCUT2D eigenvalue weighted by atomic mass is 9.94. The highest BCUT2D eigenvalue weighted by Crippen LogP contribution is 2.36. The van der Waals surface area contributed by atoms with Gasteiger partial charge in [-0.15, -0.1) is 0 Å². The SMILES string of the molecule is CCOC(=O)c1cccc(N(C(=O)Cc2c[nH]c3ccccc23)[C@H](C(=O)NC2CCCCC2)c2ccc(OC)c(OC)c2)c1. The van der Waals surface area contributed by atoms with Crippen molar-refractivity contribution in [3.8, 4) is 11.5 Å². The van der Waals surface area contributed by atoms with Gasteiger partial charge >= 0.3 is 5.97 Å². The number of carbonyl (C=O) groups excluding carboxylic acids is 3. The average molecular weight is 598 g/mol. The molecule has 0 radical (unpaired) electrons. The van der Waals surface area contributed by atoms with Gasteiger partial charge in [-0.1, -0.05) is 49.6 Å². The summed E-state index contributed by atoms with van der Waals surface area (Å²) in [6.45, 7) is 1.95. The van der Waals surface area contributed by atoms with Crippen LogP contribution in [0.1, 0.15) is 66.6 Å². The summed E-state index contributed by atoms with van der Waals surface area (Å²) in [5.74, 6) is -0.187. The first-order valence-electron chi connectivity index (χ1n) is 15.1. The minimum atomic E-state index is -1.06. The van der Waals surface area contributed by atoms with Gasteiger partial charge in [0, 0.05) is 28.8 Å². The van der Waals surface area contributed by atoms with Gasteiger partial charge in [0.25, 0.3) is 0 Å². The minimum Gasteiger partial charge on any atom is -0.493 e. The number of nitrogens with zero attached hydrogens (tertiary/aromatic N) is 1. The molecule has 1 heterocycles. The van der Waals surface area contributed by atoms with E-state index in [0.717, 1.165) is 48.6 Å². The van der Waals surface area contributed by atoms with E-state index >= 15 is 0 Å². The number of aromatic nitrogens is 1. The normalized spacial score (nSPS) is 14.1. The molecule has 1 aliphatic carbocycles. The molecule has 2 amide bonds. The molecule has 9 heteroatoms. The van der Waals surface area contributed by atoms with Crippen molar-refractivity contribution in [1.29, 1.82) is 0 Å². The van der Waals surface area contributed by atoms with Crippen LogP contribution in [0.25, 0.3) is 10.9 Å². The Labute approximate surface area is 257 Å². The van der Waals surface area contributed by atoms with Crippen LogP contribution >= 0.6 is 0 Å². The molecule has 4 aromatic rings. The number of ether oxygens (including phenoxy) is 3. The average Bonchev–Trinajstić information content (AvgIpc) is 3.46. The number of carbonyl (C=O) groups is 3. The number of nitrogens with one attached hydrogen (secondary N) is 2. The van der Waals surface area contributed by atoms with Gasteiger partial charge in [-0.2, -0.15) is 0 Å². The van der Waals surface area contributed by atoms with Gasteiger partial charge in [0.05, 0.1) is 32.8 Å². The lowest BCUT2D eigenvalue weighted by Crippen LogP contribution is -2.47. The van der Waals surface area contributed by atoms with Crippen molar-refractivity contribution >= 4 is 34.4 Å². The number of aromatic amines is 1. The maximum absolute atomic E-state index is 14.5. The van der Waals surface area contributed by atoms with Gasteiger partial charge in [0.1, 0.15) is 6.04 Å². The largest absolute Gasteiger partial charge is 0.493 e. The third kappa shape index (κ3) is 6.72. The number of benzene rings is 3. The smallest absolute Gasteiger partial charge is 0.338 e. The zero-order chi connectivity index (χ0) is 31.1. The second-order valence-corrected chi connectivity index (χ2v) is 10.9. The zero-order valence-corrected chi connectivity index (χ0v) is 25.4. The molecule has 1 aliphatic rings. The lowest BCUT2D eigenvalue weighted by Gasteiger charge is -2.34. The van der Waals surface area contributed by atoms with E-state index in [-0.39, 0.29) is 36.4 Å². The summed E-state index contributed by atoms with van der Waals surface area (Å²) in [5.41, 5.74) is 2.95. The van der Waals surface area contributed by atoms with Gasteiger partial charge < -0.3 is 24.5 Å². The van der Waals surface area contributed by atoms with E-state index in [9.17, 15) is 14.4 Å². The summed E-state index contributed by atoms with van der Waals surface area (Å²) < 4.78 is 16.3. The van der Waals surface area contributed by atoms with E-state index < -0.39 is 12.0 Å². The molecule has 5 rings (SSSR count). The van der Waals surface area contributed by atoms with Crippen LogP contribution in [0.5, 0.6) is 11.5 Å². The van der Waals surface area contributed by atoms with Crippen molar-refractivity contribution in [1.82, 2.24) is 10.3 Å². The predicted octanol–water partition coefficient (Wildman–Crippen LogP) is 6.13. The van der Waals surface area contributed by atoms with E-state index in [2.05, 4.69) is 10.3 Å². The summed E-state index contributed by atoms with van der Waals surface area (Å²) in [6.07, 6.45) is 6.82. The molecule has 1 fully saturated rings. The molecule has 2 N–H and O–H groups in total. The van der Waals surface area contributed by atoms with Crippen molar-refractivity contribution in [2.24, 2.45) is 0 Å². The molecule has 0 saturated heterocycles. The molecular weight excluding hydrogens is 558 g/mol. The number of amides is 2. The number of H-pyrrole nitrogens is 1. The number of fused-ring (bicyclic) bond motifs is 1. The Balaban J connectivity index is 1.63. The van der Waals surface area contributed by atoms with Crippen LogP contribution in [0.15, 0.2) is 72.9 Å². The second kappa shape index (κ2) is 14.1. The van der Waals surface area contributed by atoms with Crippen LogP contribution in [-0.4, -0.2) is 49.6 Å². The molecule has 230 valence electrons. The molecule has 0 unspecified atom stereocenters. The zero-order valence-electron chi connectivity index (χ0n) is 25.4. The Kier molecular flexibility index (Phi) is 9.84. The molecule has 1 saturated carbocycles. The molecule has 0 spiro atoms. The van der Waals surface area contributed by atoms with Crippen molar-refractivity contribution in [3.63, 3.8) is 0 Å². The number of para-hydroxylation sites is 1. The Morgan fingerprint density at radius 1 is 0.932 bits per heavy atom. The predicted molar refractivity (Wildman–Crippen MR) is 169 cm³/mol. The van der Waals surface area contributed by atoms with Crippen LogP contribution in [0.2, 0.25) is 0 Å². The number of hydrogen-bond donors (Lipinski definition) is 2. The van der Waals surface area contributed by atoms with Crippen LogP contribution in [0.4, 0.5) is 5.69 Å². The fourth-order valence-corrected chi connectivity index (χ4v) is 5.93. The first kappa shape index (κ1) is 30.7. The number of rotatable bonds is 11. The van der Waals surface area contributed by atoms with Crippen molar-refractivity contribution in [2.75, 3.05) is 25.7 Å². The second-order valence-electron chi connectivity index (χ2n) is 10.9. The van der Waals surface area contributed by atoms with E-state index in [0.29, 0.717) is 22.7 Å². The maximum Gasteiger partial charge on any atom is 0.338 e. The highest BCUT2D eigenvalue weighted by molar-refractivity contribution is 6.04.